The van der Waals surface area contributed by atoms with E-state index < -0.39 is 0 Å². The fourth-order valence-electron chi connectivity index (χ4n) is 3.10. The Morgan fingerprint density at radius 3 is 2.57 bits per heavy atom. The fourth-order valence-corrected chi connectivity index (χ4v) is 3.10. The number of nitrogens with two attached hydrogens (primary N) is 1. The van der Waals surface area contributed by atoms with Crippen molar-refractivity contribution in [2.24, 2.45) is 0 Å². The highest BCUT2D eigenvalue weighted by molar-refractivity contribution is 5.86. The number of nitrogen functional groups attached to an aromatic ring is 1. The highest BCUT2D eigenvalue weighted by Gasteiger charge is 2.19. The molecular formula is C18H16N2O. The molecule has 0 spiro atoms. The van der Waals surface area contributed by atoms with Gasteiger partial charge in [-0.25, -0.2) is 0 Å². The van der Waals surface area contributed by atoms with Crippen LogP contribution in [0.15, 0.2) is 53.1 Å². The molecule has 0 atom stereocenters. The van der Waals surface area contributed by atoms with E-state index in [4.69, 9.17) is 10.3 Å². The maximum absolute atomic E-state index is 6.02. The molecule has 21 heavy (non-hydrogen) atoms. The van der Waals surface area contributed by atoms with Crippen LogP contribution in [0.3, 0.4) is 0 Å². The molecule has 0 fully saturated rings. The van der Waals surface area contributed by atoms with E-state index in [1.807, 2.05) is 30.3 Å². The first kappa shape index (κ1) is 12.2. The molecule has 1 aliphatic carbocycles. The molecule has 3 aromatic rings. The number of nitrogens with zero attached hydrogens (tertiary/aromatic N) is 1. The van der Waals surface area contributed by atoms with Gasteiger partial charge < -0.3 is 10.3 Å². The van der Waals surface area contributed by atoms with Gasteiger partial charge in [-0.3, -0.25) is 0 Å². The lowest BCUT2D eigenvalue weighted by atomic mass is 9.99. The van der Waals surface area contributed by atoms with E-state index in [0.717, 1.165) is 28.9 Å². The van der Waals surface area contributed by atoms with Crippen LogP contribution in [0, 0.1) is 0 Å². The summed E-state index contributed by atoms with van der Waals surface area (Å²) >= 11 is 0. The molecule has 0 amide bonds. The minimum atomic E-state index is 0.441. The second-order valence-corrected chi connectivity index (χ2v) is 5.48. The number of hydrogen-bond donors (Lipinski definition) is 1. The molecule has 0 aliphatic heterocycles. The first-order valence-corrected chi connectivity index (χ1v) is 7.25. The number of fused-ring (bicyclic) bond motifs is 1. The van der Waals surface area contributed by atoms with Crippen molar-refractivity contribution in [2.75, 3.05) is 5.73 Å². The third kappa shape index (κ3) is 2.02. The van der Waals surface area contributed by atoms with E-state index in [-0.39, 0.29) is 0 Å². The maximum atomic E-state index is 6.02. The summed E-state index contributed by atoms with van der Waals surface area (Å²) in [6.07, 6.45) is 3.57. The summed E-state index contributed by atoms with van der Waals surface area (Å²) in [5.41, 5.74) is 11.9. The first-order valence-electron chi connectivity index (χ1n) is 7.25. The standard InChI is InChI=1S/C18H16N2O/c19-18-16(13-5-2-1-3-6-13)17(21-20-18)15-10-9-12-7-4-8-14(12)11-15/h1-3,5-6,9-11H,4,7-8H2,(H2,19,20). The van der Waals surface area contributed by atoms with Gasteiger partial charge in [0.05, 0.1) is 5.56 Å². The van der Waals surface area contributed by atoms with Crippen molar-refractivity contribution in [1.82, 2.24) is 5.16 Å². The zero-order chi connectivity index (χ0) is 14.2. The number of aryl methyl sites for hydroxylation is 2. The molecule has 0 saturated heterocycles. The number of rotatable bonds is 2. The van der Waals surface area contributed by atoms with Crippen molar-refractivity contribution >= 4 is 5.82 Å². The average Bonchev–Trinajstić information content (AvgIpc) is 3.13. The molecule has 3 heteroatoms. The van der Waals surface area contributed by atoms with Crippen molar-refractivity contribution in [2.45, 2.75) is 19.3 Å². The Morgan fingerprint density at radius 2 is 1.71 bits per heavy atom. The van der Waals surface area contributed by atoms with E-state index >= 15 is 0 Å². The lowest BCUT2D eigenvalue weighted by Crippen LogP contribution is -1.89. The van der Waals surface area contributed by atoms with Crippen molar-refractivity contribution in [3.05, 3.63) is 59.7 Å². The molecule has 0 radical (unpaired) electrons. The minimum Gasteiger partial charge on any atom is -0.380 e. The number of benzene rings is 2. The van der Waals surface area contributed by atoms with Crippen LogP contribution in [-0.4, -0.2) is 5.16 Å². The third-order valence-corrected chi connectivity index (χ3v) is 4.14. The van der Waals surface area contributed by atoms with Crippen LogP contribution >= 0.6 is 0 Å². The first-order chi connectivity index (χ1) is 10.3. The van der Waals surface area contributed by atoms with Crippen LogP contribution in [0.25, 0.3) is 22.5 Å². The van der Waals surface area contributed by atoms with Gasteiger partial charge in [-0.1, -0.05) is 47.6 Å². The monoisotopic (exact) mass is 276 g/mol. The third-order valence-electron chi connectivity index (χ3n) is 4.14. The SMILES string of the molecule is Nc1noc(-c2ccc3c(c2)CCC3)c1-c1ccccc1. The van der Waals surface area contributed by atoms with Crippen molar-refractivity contribution in [1.29, 1.82) is 0 Å². The zero-order valence-corrected chi connectivity index (χ0v) is 11.7. The number of aromatic nitrogens is 1. The average molecular weight is 276 g/mol. The summed E-state index contributed by atoms with van der Waals surface area (Å²) in [6, 6.07) is 16.6. The normalized spacial score (nSPS) is 13.3. The Balaban J connectivity index is 1.87. The summed E-state index contributed by atoms with van der Waals surface area (Å²) in [4.78, 5) is 0. The molecule has 3 nitrogen and oxygen atoms in total. The molecule has 104 valence electrons. The highest BCUT2D eigenvalue weighted by atomic mass is 16.5. The van der Waals surface area contributed by atoms with Gasteiger partial charge in [0.2, 0.25) is 0 Å². The van der Waals surface area contributed by atoms with Crippen molar-refractivity contribution < 1.29 is 4.52 Å². The van der Waals surface area contributed by atoms with E-state index in [9.17, 15) is 0 Å². The smallest absolute Gasteiger partial charge is 0.176 e. The molecule has 4 rings (SSSR count). The fraction of sp³-hybridized carbons (Fsp3) is 0.167. The van der Waals surface area contributed by atoms with E-state index in [0.29, 0.717) is 5.82 Å². The topological polar surface area (TPSA) is 52.0 Å². The molecule has 0 unspecified atom stereocenters. The summed E-state index contributed by atoms with van der Waals surface area (Å²) in [7, 11) is 0. The summed E-state index contributed by atoms with van der Waals surface area (Å²) < 4.78 is 5.52. The molecule has 1 heterocycles. The van der Waals surface area contributed by atoms with E-state index in [1.165, 1.54) is 24.0 Å². The summed E-state index contributed by atoms with van der Waals surface area (Å²) in [5, 5.41) is 3.97. The Bertz CT molecular complexity index is 790. The predicted octanol–water partition coefficient (Wildman–Crippen LogP) is 4.08. The van der Waals surface area contributed by atoms with Crippen LogP contribution in [0.5, 0.6) is 0 Å². The zero-order valence-electron chi connectivity index (χ0n) is 11.7. The molecule has 0 saturated carbocycles. The van der Waals surface area contributed by atoms with Gasteiger partial charge in [-0.15, -0.1) is 0 Å². The van der Waals surface area contributed by atoms with Gasteiger partial charge in [-0.2, -0.15) is 0 Å². The lowest BCUT2D eigenvalue weighted by molar-refractivity contribution is 0.436. The molecule has 2 aromatic carbocycles. The quantitative estimate of drug-likeness (QED) is 0.767. The molecule has 0 bridgehead atoms. The highest BCUT2D eigenvalue weighted by Crippen LogP contribution is 2.37. The van der Waals surface area contributed by atoms with Gasteiger partial charge in [0, 0.05) is 5.56 Å². The molecule has 1 aliphatic rings. The van der Waals surface area contributed by atoms with Crippen LogP contribution in [0.2, 0.25) is 0 Å². The second kappa shape index (κ2) is 4.77. The van der Waals surface area contributed by atoms with Gasteiger partial charge in [0.1, 0.15) is 0 Å². The van der Waals surface area contributed by atoms with Gasteiger partial charge in [0.25, 0.3) is 0 Å². The summed E-state index contributed by atoms with van der Waals surface area (Å²) in [5.74, 6) is 1.20. The Morgan fingerprint density at radius 1 is 0.905 bits per heavy atom. The molecule has 2 N–H and O–H groups in total. The largest absolute Gasteiger partial charge is 0.380 e. The number of hydrogen-bond acceptors (Lipinski definition) is 3. The molecular weight excluding hydrogens is 260 g/mol. The van der Waals surface area contributed by atoms with Gasteiger partial charge in [0.15, 0.2) is 11.6 Å². The van der Waals surface area contributed by atoms with Crippen LogP contribution in [0.1, 0.15) is 17.5 Å². The number of anilines is 1. The van der Waals surface area contributed by atoms with Crippen LogP contribution < -0.4 is 5.73 Å². The van der Waals surface area contributed by atoms with Gasteiger partial charge >= 0.3 is 0 Å². The Hall–Kier alpha value is -2.55. The Labute approximate surface area is 123 Å². The minimum absolute atomic E-state index is 0.441. The predicted molar refractivity (Wildman–Crippen MR) is 83.8 cm³/mol. The van der Waals surface area contributed by atoms with Crippen molar-refractivity contribution in [3.8, 4) is 22.5 Å². The van der Waals surface area contributed by atoms with Crippen molar-refractivity contribution in [3.63, 3.8) is 0 Å². The molecule has 1 aromatic heterocycles. The van der Waals surface area contributed by atoms with Gasteiger partial charge in [-0.05, 0) is 42.0 Å². The Kier molecular flexibility index (Phi) is 2.78. The van der Waals surface area contributed by atoms with E-state index in [1.54, 1.807) is 0 Å². The van der Waals surface area contributed by atoms with Crippen LogP contribution in [0.4, 0.5) is 5.82 Å². The van der Waals surface area contributed by atoms with Crippen LogP contribution in [-0.2, 0) is 12.8 Å². The maximum Gasteiger partial charge on any atom is 0.176 e. The second-order valence-electron chi connectivity index (χ2n) is 5.48. The van der Waals surface area contributed by atoms with E-state index in [2.05, 4.69) is 23.4 Å². The lowest BCUT2D eigenvalue weighted by Gasteiger charge is -2.05. The summed E-state index contributed by atoms with van der Waals surface area (Å²) in [6.45, 7) is 0.